The normalized spacial score (nSPS) is 10.1. The quantitative estimate of drug-likeness (QED) is 0.823. The lowest BCUT2D eigenvalue weighted by molar-refractivity contribution is -0.116. The molecule has 1 amide bonds. The summed E-state index contributed by atoms with van der Waals surface area (Å²) in [4.78, 5) is 35.1. The van der Waals surface area contributed by atoms with Crippen LogP contribution in [0.4, 0.5) is 5.69 Å². The van der Waals surface area contributed by atoms with Crippen LogP contribution >= 0.6 is 0 Å². The number of aromatic nitrogens is 1. The molecule has 0 radical (unpaired) electrons. The zero-order chi connectivity index (χ0) is 17.7. The largest absolute Gasteiger partial charge is 0.497 e. The maximum atomic E-state index is 12.1. The lowest BCUT2D eigenvalue weighted by Gasteiger charge is -2.12. The number of carboxylic acid groups (broad SMARTS) is 1. The van der Waals surface area contributed by atoms with Crippen molar-refractivity contribution in [1.29, 1.82) is 0 Å². The van der Waals surface area contributed by atoms with E-state index in [1.165, 1.54) is 32.5 Å². The van der Waals surface area contributed by atoms with Crippen molar-refractivity contribution in [1.82, 2.24) is 4.57 Å². The van der Waals surface area contributed by atoms with Gasteiger partial charge in [0, 0.05) is 12.3 Å². The Bertz CT molecular complexity index is 828. The van der Waals surface area contributed by atoms with Crippen LogP contribution in [0, 0.1) is 0 Å². The van der Waals surface area contributed by atoms with Gasteiger partial charge in [0.15, 0.2) is 0 Å². The van der Waals surface area contributed by atoms with Gasteiger partial charge in [-0.25, -0.2) is 4.79 Å². The van der Waals surface area contributed by atoms with Gasteiger partial charge in [-0.1, -0.05) is 0 Å². The van der Waals surface area contributed by atoms with Gasteiger partial charge in [0.1, 0.15) is 23.6 Å². The second kappa shape index (κ2) is 7.32. The number of pyridine rings is 1. The minimum atomic E-state index is -1.34. The first kappa shape index (κ1) is 17.1. The van der Waals surface area contributed by atoms with E-state index in [1.807, 2.05) is 0 Å². The number of carbonyl (C=O) groups is 2. The standard InChI is InChI=1S/C16H16N2O6/c1-23-10-5-6-12(13(8-10)24-2)17-14(19)9-18-7-3-4-11(15(18)20)16(21)22/h3-8H,9H2,1-2H3,(H,17,19)(H,21,22). The Morgan fingerprint density at radius 1 is 1.21 bits per heavy atom. The average Bonchev–Trinajstić information content (AvgIpc) is 2.56. The lowest BCUT2D eigenvalue weighted by atomic mass is 10.2. The summed E-state index contributed by atoms with van der Waals surface area (Å²) in [6.45, 7) is -0.324. The molecule has 8 nitrogen and oxygen atoms in total. The van der Waals surface area contributed by atoms with Gasteiger partial charge >= 0.3 is 5.97 Å². The smallest absolute Gasteiger partial charge is 0.341 e. The fraction of sp³-hybridized carbons (Fsp3) is 0.188. The fourth-order valence-corrected chi connectivity index (χ4v) is 2.07. The van der Waals surface area contributed by atoms with Crippen LogP contribution in [0.2, 0.25) is 0 Å². The topological polar surface area (TPSA) is 107 Å². The molecule has 126 valence electrons. The minimum Gasteiger partial charge on any atom is -0.497 e. The molecule has 0 saturated carbocycles. The predicted molar refractivity (Wildman–Crippen MR) is 85.8 cm³/mol. The molecule has 0 unspecified atom stereocenters. The molecule has 0 atom stereocenters. The van der Waals surface area contributed by atoms with Crippen molar-refractivity contribution in [3.8, 4) is 11.5 Å². The third-order valence-corrected chi connectivity index (χ3v) is 3.25. The molecule has 24 heavy (non-hydrogen) atoms. The highest BCUT2D eigenvalue weighted by atomic mass is 16.5. The van der Waals surface area contributed by atoms with Crippen molar-refractivity contribution < 1.29 is 24.2 Å². The molecule has 0 aliphatic carbocycles. The summed E-state index contributed by atoms with van der Waals surface area (Å²) in [5.74, 6) is -0.876. The first-order valence-electron chi connectivity index (χ1n) is 6.91. The number of anilines is 1. The molecule has 0 fully saturated rings. The van der Waals surface area contributed by atoms with E-state index in [0.717, 1.165) is 4.57 Å². The minimum absolute atomic E-state index is 0.324. The molecule has 2 aromatic rings. The number of benzene rings is 1. The SMILES string of the molecule is COc1ccc(NC(=O)Cn2cccc(C(=O)O)c2=O)c(OC)c1. The Morgan fingerprint density at radius 2 is 1.96 bits per heavy atom. The molecular formula is C16H16N2O6. The molecule has 0 bridgehead atoms. The monoisotopic (exact) mass is 332 g/mol. The molecule has 2 rings (SSSR count). The number of carboxylic acids is 1. The van der Waals surface area contributed by atoms with Crippen LogP contribution in [0.15, 0.2) is 41.3 Å². The van der Waals surface area contributed by atoms with Crippen LogP contribution in [0.5, 0.6) is 11.5 Å². The fourth-order valence-electron chi connectivity index (χ4n) is 2.07. The van der Waals surface area contributed by atoms with Gasteiger partial charge in [-0.3, -0.25) is 9.59 Å². The first-order chi connectivity index (χ1) is 11.5. The molecule has 0 saturated heterocycles. The van der Waals surface area contributed by atoms with E-state index in [1.54, 1.807) is 18.2 Å². The van der Waals surface area contributed by atoms with Crippen LogP contribution in [-0.4, -0.2) is 35.8 Å². The van der Waals surface area contributed by atoms with Crippen molar-refractivity contribution in [2.45, 2.75) is 6.54 Å². The summed E-state index contributed by atoms with van der Waals surface area (Å²) in [6.07, 6.45) is 1.35. The zero-order valence-corrected chi connectivity index (χ0v) is 13.1. The van der Waals surface area contributed by atoms with E-state index in [-0.39, 0.29) is 6.54 Å². The summed E-state index contributed by atoms with van der Waals surface area (Å²) in [5.41, 5.74) is -0.736. The zero-order valence-electron chi connectivity index (χ0n) is 13.1. The Hall–Kier alpha value is -3.29. The van der Waals surface area contributed by atoms with Crippen LogP contribution < -0.4 is 20.3 Å². The predicted octanol–water partition coefficient (Wildman–Crippen LogP) is 1.20. The van der Waals surface area contributed by atoms with Crippen molar-refractivity contribution in [2.75, 3.05) is 19.5 Å². The van der Waals surface area contributed by atoms with Crippen molar-refractivity contribution >= 4 is 17.6 Å². The molecule has 2 N–H and O–H groups in total. The molecule has 8 heteroatoms. The molecule has 1 heterocycles. The number of aromatic carboxylic acids is 1. The summed E-state index contributed by atoms with van der Waals surface area (Å²) >= 11 is 0. The van der Waals surface area contributed by atoms with Gasteiger partial charge in [0.2, 0.25) is 5.91 Å². The summed E-state index contributed by atoms with van der Waals surface area (Å²) in [6, 6.07) is 7.44. The molecule has 0 spiro atoms. The van der Waals surface area contributed by atoms with E-state index >= 15 is 0 Å². The van der Waals surface area contributed by atoms with Gasteiger partial charge < -0.3 is 24.5 Å². The number of hydrogen-bond acceptors (Lipinski definition) is 5. The third kappa shape index (κ3) is 3.72. The van der Waals surface area contributed by atoms with E-state index in [2.05, 4.69) is 5.32 Å². The second-order valence-electron chi connectivity index (χ2n) is 4.77. The number of hydrogen-bond donors (Lipinski definition) is 2. The number of methoxy groups -OCH3 is 2. The average molecular weight is 332 g/mol. The van der Waals surface area contributed by atoms with Gasteiger partial charge in [-0.2, -0.15) is 0 Å². The highest BCUT2D eigenvalue weighted by Gasteiger charge is 2.13. The summed E-state index contributed by atoms with van der Waals surface area (Å²) < 4.78 is 11.3. The Labute approximate surface area is 137 Å². The summed E-state index contributed by atoms with van der Waals surface area (Å²) in [7, 11) is 2.96. The second-order valence-corrected chi connectivity index (χ2v) is 4.77. The van der Waals surface area contributed by atoms with Gasteiger partial charge in [0.25, 0.3) is 5.56 Å². The van der Waals surface area contributed by atoms with Gasteiger partial charge in [0.05, 0.1) is 19.9 Å². The molecule has 0 aliphatic rings. The van der Waals surface area contributed by atoms with Crippen molar-refractivity contribution in [3.63, 3.8) is 0 Å². The molecule has 1 aromatic heterocycles. The van der Waals surface area contributed by atoms with Gasteiger partial charge in [-0.05, 0) is 24.3 Å². The number of rotatable bonds is 6. The van der Waals surface area contributed by atoms with Crippen molar-refractivity contribution in [3.05, 3.63) is 52.4 Å². The maximum absolute atomic E-state index is 12.1. The maximum Gasteiger partial charge on any atom is 0.341 e. The highest BCUT2D eigenvalue weighted by Crippen LogP contribution is 2.28. The molecule has 0 aliphatic heterocycles. The summed E-state index contributed by atoms with van der Waals surface area (Å²) in [5, 5.41) is 11.5. The number of carbonyl (C=O) groups excluding carboxylic acids is 1. The van der Waals surface area contributed by atoms with E-state index in [4.69, 9.17) is 14.6 Å². The number of amides is 1. The van der Waals surface area contributed by atoms with Gasteiger partial charge in [-0.15, -0.1) is 0 Å². The number of nitrogens with zero attached hydrogens (tertiary/aromatic N) is 1. The Morgan fingerprint density at radius 3 is 2.58 bits per heavy atom. The van der Waals surface area contributed by atoms with Crippen LogP contribution in [0.3, 0.4) is 0 Å². The van der Waals surface area contributed by atoms with Crippen LogP contribution in [0.25, 0.3) is 0 Å². The molecule has 1 aromatic carbocycles. The van der Waals surface area contributed by atoms with E-state index in [0.29, 0.717) is 17.2 Å². The Balaban J connectivity index is 2.19. The Kier molecular flexibility index (Phi) is 5.20. The van der Waals surface area contributed by atoms with E-state index in [9.17, 15) is 14.4 Å². The van der Waals surface area contributed by atoms with Crippen LogP contribution in [0.1, 0.15) is 10.4 Å². The first-order valence-corrected chi connectivity index (χ1v) is 6.91. The highest BCUT2D eigenvalue weighted by molar-refractivity contribution is 5.92. The van der Waals surface area contributed by atoms with Crippen molar-refractivity contribution in [2.24, 2.45) is 0 Å². The lowest BCUT2D eigenvalue weighted by Crippen LogP contribution is -2.30. The van der Waals surface area contributed by atoms with Crippen LogP contribution in [-0.2, 0) is 11.3 Å². The molecular weight excluding hydrogens is 316 g/mol. The number of ether oxygens (including phenoxy) is 2. The van der Waals surface area contributed by atoms with E-state index < -0.39 is 23.0 Å². The third-order valence-electron chi connectivity index (χ3n) is 3.25. The number of nitrogens with one attached hydrogen (secondary N) is 1.